The summed E-state index contributed by atoms with van der Waals surface area (Å²) in [5.74, 6) is 3.04. The van der Waals surface area contributed by atoms with Crippen LogP contribution in [0, 0.1) is 0 Å². The van der Waals surface area contributed by atoms with E-state index in [1.807, 2.05) is 36.0 Å². The maximum absolute atomic E-state index is 7.23. The minimum Gasteiger partial charge on any atom is -0.457 e. The molecule has 0 radical (unpaired) electrons. The van der Waals surface area contributed by atoms with E-state index in [-0.39, 0.29) is 13.4 Å². The molecule has 0 saturated heterocycles. The highest BCUT2D eigenvalue weighted by Crippen LogP contribution is 2.61. The third-order valence-electron chi connectivity index (χ3n) is 23.1. The molecule has 0 spiro atoms. The van der Waals surface area contributed by atoms with E-state index >= 15 is 0 Å². The Morgan fingerprint density at radius 2 is 0.604 bits per heavy atom. The zero-order valence-corrected chi connectivity index (χ0v) is 58.4. The van der Waals surface area contributed by atoms with Gasteiger partial charge >= 0.3 is 0 Å². The van der Waals surface area contributed by atoms with Crippen molar-refractivity contribution in [3.63, 3.8) is 0 Å². The number of para-hydroxylation sites is 4. The van der Waals surface area contributed by atoms with Crippen LogP contribution in [0.3, 0.4) is 0 Å². The molecule has 8 heteroatoms. The number of benzene rings is 16. The molecule has 22 rings (SSSR count). The largest absolute Gasteiger partial charge is 0.457 e. The predicted octanol–water partition coefficient (Wildman–Crippen LogP) is 20.8. The standard InChI is InChI=1S/C98H63B2N3O2S/c1-8-30-64(31-9-1)97(65-32-10-2-11-33-65)79-46-24-22-44-75(79)77-56-69(52-54-81(77)97)102-88-63-89-86(62-85(88)99-83-48-26-28-50-87(83)101(68-38-16-5-17-39-68)90-58-73(59-91(102)95(90)99)104-71-40-18-6-19-41-71)100-84-49-27-29-51-93(84)106-94-61-74(105-72-42-20-7-21-43-72)60-92(96(94)100)103(89)70-53-55-82-78(57-70)76-45-23-25-47-80(76)98(82,66-34-12-3-13-35-66)67-36-14-4-15-37-67/h1-63H. The lowest BCUT2D eigenvalue weighted by atomic mass is 9.30. The van der Waals surface area contributed by atoms with Crippen molar-refractivity contribution in [1.29, 1.82) is 0 Å². The van der Waals surface area contributed by atoms with E-state index < -0.39 is 10.8 Å². The molecular formula is C98H63B2N3O2S. The Labute approximate surface area is 621 Å². The van der Waals surface area contributed by atoms with Crippen molar-refractivity contribution < 1.29 is 9.47 Å². The lowest BCUT2D eigenvalue weighted by Gasteiger charge is -2.46. The lowest BCUT2D eigenvalue weighted by molar-refractivity contribution is 0.481. The third kappa shape index (κ3) is 8.83. The summed E-state index contributed by atoms with van der Waals surface area (Å²) in [6, 6.07) is 142. The highest BCUT2D eigenvalue weighted by atomic mass is 32.2. The van der Waals surface area contributed by atoms with E-state index in [1.165, 1.54) is 109 Å². The maximum Gasteiger partial charge on any atom is 0.252 e. The summed E-state index contributed by atoms with van der Waals surface area (Å²) in [7, 11) is 0. The Balaban J connectivity index is 0.857. The summed E-state index contributed by atoms with van der Waals surface area (Å²) in [5.41, 5.74) is 30.6. The van der Waals surface area contributed by atoms with Crippen LogP contribution in [-0.2, 0) is 10.8 Å². The van der Waals surface area contributed by atoms with Crippen LogP contribution in [0.4, 0.5) is 51.2 Å². The number of fused-ring (bicyclic) bond motifs is 14. The van der Waals surface area contributed by atoms with Gasteiger partial charge in [0, 0.05) is 79.2 Å². The van der Waals surface area contributed by atoms with Crippen LogP contribution in [0.15, 0.2) is 392 Å². The van der Waals surface area contributed by atoms with Gasteiger partial charge < -0.3 is 24.2 Å². The fraction of sp³-hybridized carbons (Fsp3) is 0.0204. The summed E-state index contributed by atoms with van der Waals surface area (Å²) in [4.78, 5) is 10.1. The normalized spacial score (nSPS) is 14.2. The van der Waals surface area contributed by atoms with Gasteiger partial charge in [-0.1, -0.05) is 296 Å². The van der Waals surface area contributed by atoms with Gasteiger partial charge in [0.2, 0.25) is 6.71 Å². The number of nitrogens with zero attached hydrogens (tertiary/aromatic N) is 3. The first-order valence-electron chi connectivity index (χ1n) is 36.6. The summed E-state index contributed by atoms with van der Waals surface area (Å²) < 4.78 is 14.3. The smallest absolute Gasteiger partial charge is 0.252 e. The molecule has 4 aliphatic heterocycles. The summed E-state index contributed by atoms with van der Waals surface area (Å²) >= 11 is 1.85. The average Bonchev–Trinajstić information content (AvgIpc) is 0.941. The molecule has 0 bridgehead atoms. The van der Waals surface area contributed by atoms with Crippen molar-refractivity contribution in [1.82, 2.24) is 0 Å². The van der Waals surface area contributed by atoms with Gasteiger partial charge in [0.05, 0.1) is 10.8 Å². The van der Waals surface area contributed by atoms with Gasteiger partial charge in [-0.2, -0.15) is 0 Å². The van der Waals surface area contributed by atoms with E-state index in [1.54, 1.807) is 0 Å². The number of rotatable bonds is 11. The lowest BCUT2D eigenvalue weighted by Crippen LogP contribution is -2.64. The molecule has 5 nitrogen and oxygen atoms in total. The third-order valence-corrected chi connectivity index (χ3v) is 24.2. The fourth-order valence-electron chi connectivity index (χ4n) is 19.0. The molecule has 4 heterocycles. The number of ether oxygens (including phenoxy) is 2. The molecule has 16 aromatic rings. The molecule has 0 atom stereocenters. The molecule has 0 aromatic heterocycles. The molecule has 0 amide bonds. The van der Waals surface area contributed by atoms with Gasteiger partial charge in [-0.15, -0.1) is 0 Å². The highest BCUT2D eigenvalue weighted by Gasteiger charge is 2.52. The first-order chi connectivity index (χ1) is 52.6. The van der Waals surface area contributed by atoms with Crippen molar-refractivity contribution in [3.8, 4) is 45.3 Å². The second kappa shape index (κ2) is 23.8. The molecule has 106 heavy (non-hydrogen) atoms. The van der Waals surface area contributed by atoms with E-state index in [9.17, 15) is 0 Å². The van der Waals surface area contributed by atoms with Crippen molar-refractivity contribution in [2.75, 3.05) is 14.7 Å². The van der Waals surface area contributed by atoms with Gasteiger partial charge in [-0.05, 0) is 179 Å². The van der Waals surface area contributed by atoms with Gasteiger partial charge in [0.25, 0.3) is 6.71 Å². The van der Waals surface area contributed by atoms with Gasteiger partial charge in [-0.25, -0.2) is 0 Å². The quantitative estimate of drug-likeness (QED) is 0.120. The van der Waals surface area contributed by atoms with E-state index in [4.69, 9.17) is 9.47 Å². The van der Waals surface area contributed by atoms with Crippen LogP contribution in [0.2, 0.25) is 0 Å². The molecule has 2 aliphatic carbocycles. The minimum atomic E-state index is -0.609. The van der Waals surface area contributed by atoms with Crippen LogP contribution in [0.5, 0.6) is 23.0 Å². The molecule has 0 saturated carbocycles. The second-order valence-corrected chi connectivity index (χ2v) is 29.5. The Morgan fingerprint density at radius 3 is 1.10 bits per heavy atom. The van der Waals surface area contributed by atoms with Crippen LogP contribution < -0.4 is 57.0 Å². The second-order valence-electron chi connectivity index (χ2n) is 28.5. The van der Waals surface area contributed by atoms with Gasteiger partial charge in [0.1, 0.15) is 23.0 Å². The molecule has 0 unspecified atom stereocenters. The number of hydrogen-bond acceptors (Lipinski definition) is 6. The van der Waals surface area contributed by atoms with Gasteiger partial charge in [0.15, 0.2) is 0 Å². The van der Waals surface area contributed by atoms with Crippen LogP contribution in [0.25, 0.3) is 22.3 Å². The van der Waals surface area contributed by atoms with Crippen molar-refractivity contribution in [3.05, 3.63) is 427 Å². The molecule has 0 N–H and O–H groups in total. The van der Waals surface area contributed by atoms with Crippen LogP contribution >= 0.6 is 11.8 Å². The van der Waals surface area contributed by atoms with Crippen molar-refractivity contribution in [2.24, 2.45) is 0 Å². The minimum absolute atomic E-state index is 0.167. The topological polar surface area (TPSA) is 28.2 Å². The monoisotopic (exact) mass is 1370 g/mol. The Hall–Kier alpha value is -13.0. The van der Waals surface area contributed by atoms with Crippen molar-refractivity contribution in [2.45, 2.75) is 20.6 Å². The first kappa shape index (κ1) is 60.6. The van der Waals surface area contributed by atoms with E-state index in [2.05, 4.69) is 373 Å². The molecule has 0 fully saturated rings. The summed E-state index contributed by atoms with van der Waals surface area (Å²) in [5, 5.41) is 0. The number of anilines is 9. The summed E-state index contributed by atoms with van der Waals surface area (Å²) in [6.45, 7) is -0.396. The highest BCUT2D eigenvalue weighted by molar-refractivity contribution is 8.00. The summed E-state index contributed by atoms with van der Waals surface area (Å²) in [6.07, 6.45) is 0. The van der Waals surface area contributed by atoms with Crippen molar-refractivity contribution >= 4 is 109 Å². The Morgan fingerprint density at radius 1 is 0.226 bits per heavy atom. The van der Waals surface area contributed by atoms with E-state index in [0.29, 0.717) is 0 Å². The average molecular weight is 1370 g/mol. The Kier molecular flexibility index (Phi) is 13.6. The maximum atomic E-state index is 7.23. The number of hydrogen-bond donors (Lipinski definition) is 0. The van der Waals surface area contributed by atoms with Crippen LogP contribution in [0.1, 0.15) is 44.5 Å². The molecule has 494 valence electrons. The zero-order chi connectivity index (χ0) is 69.6. The fourth-order valence-corrected chi connectivity index (χ4v) is 20.2. The zero-order valence-electron chi connectivity index (χ0n) is 57.6. The Bertz CT molecular complexity index is 6150. The SMILES string of the molecule is c1ccc(Oc2cc3c4c(c2)N(c2ccc5c(c2)-c2ccccc2C5(c2ccccc2)c2ccccc2)c2cc5c(cc2B4c2ccccc2S3)B2c3ccccc3N(c3ccccc3)c3cc(Oc4ccccc4)cc(c32)N5c2ccc3c(c2)-c2ccccc2C3(c2ccccc2)c2ccccc2)cc1. The molecule has 16 aromatic carbocycles. The predicted molar refractivity (Wildman–Crippen MR) is 438 cm³/mol. The molecular weight excluding hydrogens is 1300 g/mol. The van der Waals surface area contributed by atoms with Gasteiger partial charge in [-0.3, -0.25) is 0 Å². The van der Waals surface area contributed by atoms with Crippen LogP contribution in [-0.4, -0.2) is 13.4 Å². The van der Waals surface area contributed by atoms with E-state index in [0.717, 1.165) is 74.2 Å². The molecule has 6 aliphatic rings. The first-order valence-corrected chi connectivity index (χ1v) is 37.4.